The van der Waals surface area contributed by atoms with Crippen LogP contribution in [0.2, 0.25) is 0 Å². The van der Waals surface area contributed by atoms with Crippen LogP contribution in [0, 0.1) is 11.6 Å². The van der Waals surface area contributed by atoms with E-state index >= 15 is 0 Å². The number of ether oxygens (including phenoxy) is 2. The number of halogens is 2. The molecule has 2 aromatic carbocycles. The van der Waals surface area contributed by atoms with Gasteiger partial charge in [-0.25, -0.2) is 8.78 Å². The zero-order chi connectivity index (χ0) is 15.4. The van der Waals surface area contributed by atoms with Crippen LogP contribution in [-0.2, 0) is 6.42 Å². The third-order valence-corrected chi connectivity index (χ3v) is 3.21. The SMILES string of the molecule is COc1ccc(CC(O)c2c(F)cc(OC)cc2F)cc1. The number of rotatable bonds is 5. The highest BCUT2D eigenvalue weighted by atomic mass is 19.1. The number of hydrogen-bond donors (Lipinski definition) is 1. The molecule has 1 N–H and O–H groups in total. The summed E-state index contributed by atoms with van der Waals surface area (Å²) in [4.78, 5) is 0. The van der Waals surface area contributed by atoms with Gasteiger partial charge in [-0.3, -0.25) is 0 Å². The van der Waals surface area contributed by atoms with Crippen molar-refractivity contribution in [3.63, 3.8) is 0 Å². The van der Waals surface area contributed by atoms with Crippen LogP contribution in [-0.4, -0.2) is 19.3 Å². The van der Waals surface area contributed by atoms with E-state index in [0.717, 1.165) is 17.7 Å². The lowest BCUT2D eigenvalue weighted by molar-refractivity contribution is 0.168. The molecule has 0 heterocycles. The number of benzene rings is 2. The van der Waals surface area contributed by atoms with E-state index in [4.69, 9.17) is 9.47 Å². The summed E-state index contributed by atoms with van der Waals surface area (Å²) in [5, 5.41) is 10.1. The van der Waals surface area contributed by atoms with Gasteiger partial charge in [-0.2, -0.15) is 0 Å². The van der Waals surface area contributed by atoms with Crippen molar-refractivity contribution in [1.29, 1.82) is 0 Å². The maximum Gasteiger partial charge on any atom is 0.135 e. The van der Waals surface area contributed by atoms with Gasteiger partial charge in [0.1, 0.15) is 23.1 Å². The Balaban J connectivity index is 2.21. The van der Waals surface area contributed by atoms with Gasteiger partial charge in [0.15, 0.2) is 0 Å². The molecule has 0 fully saturated rings. The Bertz CT molecular complexity index is 588. The molecule has 0 aromatic heterocycles. The van der Waals surface area contributed by atoms with E-state index in [1.54, 1.807) is 31.4 Å². The highest BCUT2D eigenvalue weighted by Crippen LogP contribution is 2.28. The van der Waals surface area contributed by atoms with Crippen LogP contribution in [0.15, 0.2) is 36.4 Å². The zero-order valence-corrected chi connectivity index (χ0v) is 11.8. The molecule has 0 aliphatic rings. The second-order valence-corrected chi connectivity index (χ2v) is 4.57. The third kappa shape index (κ3) is 3.49. The summed E-state index contributed by atoms with van der Waals surface area (Å²) in [5.41, 5.74) is 0.393. The fourth-order valence-electron chi connectivity index (χ4n) is 2.08. The molecular formula is C16H16F2O3. The Kier molecular flexibility index (Phi) is 4.75. The van der Waals surface area contributed by atoms with Gasteiger partial charge >= 0.3 is 0 Å². The summed E-state index contributed by atoms with van der Waals surface area (Å²) >= 11 is 0. The topological polar surface area (TPSA) is 38.7 Å². The Morgan fingerprint density at radius 3 is 1.95 bits per heavy atom. The first-order chi connectivity index (χ1) is 10.0. The second kappa shape index (κ2) is 6.54. The number of hydrogen-bond acceptors (Lipinski definition) is 3. The van der Waals surface area contributed by atoms with Gasteiger partial charge in [0.25, 0.3) is 0 Å². The van der Waals surface area contributed by atoms with Crippen molar-refractivity contribution in [1.82, 2.24) is 0 Å². The van der Waals surface area contributed by atoms with Crippen LogP contribution in [0.25, 0.3) is 0 Å². The van der Waals surface area contributed by atoms with Crippen molar-refractivity contribution in [2.45, 2.75) is 12.5 Å². The molecule has 2 aromatic rings. The first-order valence-corrected chi connectivity index (χ1v) is 6.39. The molecule has 0 spiro atoms. The molecule has 2 rings (SSSR count). The normalized spacial score (nSPS) is 12.0. The van der Waals surface area contributed by atoms with Crippen LogP contribution < -0.4 is 9.47 Å². The van der Waals surface area contributed by atoms with Crippen molar-refractivity contribution in [2.24, 2.45) is 0 Å². The van der Waals surface area contributed by atoms with Crippen LogP contribution in [0.4, 0.5) is 8.78 Å². The summed E-state index contributed by atoms with van der Waals surface area (Å²) in [7, 11) is 2.87. The van der Waals surface area contributed by atoms with E-state index in [1.165, 1.54) is 7.11 Å². The summed E-state index contributed by atoms with van der Waals surface area (Å²) in [6.45, 7) is 0. The number of aliphatic hydroxyl groups excluding tert-OH is 1. The minimum absolute atomic E-state index is 0.0744. The van der Waals surface area contributed by atoms with E-state index in [2.05, 4.69) is 0 Å². The molecule has 3 nitrogen and oxygen atoms in total. The fraction of sp³-hybridized carbons (Fsp3) is 0.250. The fourth-order valence-corrected chi connectivity index (χ4v) is 2.08. The third-order valence-electron chi connectivity index (χ3n) is 3.21. The molecule has 1 unspecified atom stereocenters. The van der Waals surface area contributed by atoms with E-state index in [0.29, 0.717) is 5.75 Å². The molecular weight excluding hydrogens is 278 g/mol. The lowest BCUT2D eigenvalue weighted by Gasteiger charge is -2.14. The molecule has 0 aliphatic heterocycles. The Morgan fingerprint density at radius 1 is 0.952 bits per heavy atom. The van der Waals surface area contributed by atoms with Crippen molar-refractivity contribution in [3.05, 3.63) is 59.2 Å². The lowest BCUT2D eigenvalue weighted by atomic mass is 10.00. The van der Waals surface area contributed by atoms with E-state index in [-0.39, 0.29) is 17.7 Å². The monoisotopic (exact) mass is 294 g/mol. The maximum absolute atomic E-state index is 13.9. The maximum atomic E-state index is 13.9. The van der Waals surface area contributed by atoms with Crippen LogP contribution in [0.3, 0.4) is 0 Å². The van der Waals surface area contributed by atoms with Crippen molar-refractivity contribution in [2.75, 3.05) is 14.2 Å². The summed E-state index contributed by atoms with van der Waals surface area (Å²) in [5.74, 6) is -0.902. The first-order valence-electron chi connectivity index (χ1n) is 6.39. The molecule has 1 atom stereocenters. The Morgan fingerprint density at radius 2 is 1.48 bits per heavy atom. The van der Waals surface area contributed by atoms with Crippen molar-refractivity contribution >= 4 is 0 Å². The minimum Gasteiger partial charge on any atom is -0.497 e. The van der Waals surface area contributed by atoms with E-state index in [9.17, 15) is 13.9 Å². The van der Waals surface area contributed by atoms with Crippen LogP contribution in [0.1, 0.15) is 17.2 Å². The van der Waals surface area contributed by atoms with Gasteiger partial charge in [0, 0.05) is 18.6 Å². The highest BCUT2D eigenvalue weighted by molar-refractivity contribution is 5.33. The molecule has 0 amide bonds. The quantitative estimate of drug-likeness (QED) is 0.920. The predicted molar refractivity (Wildman–Crippen MR) is 74.6 cm³/mol. The molecule has 5 heteroatoms. The Hall–Kier alpha value is -2.14. The number of methoxy groups -OCH3 is 2. The van der Waals surface area contributed by atoms with Crippen molar-refractivity contribution in [3.8, 4) is 11.5 Å². The molecule has 0 radical (unpaired) electrons. The number of aliphatic hydroxyl groups is 1. The van der Waals surface area contributed by atoms with Gasteiger partial charge in [0.05, 0.1) is 25.9 Å². The lowest BCUT2D eigenvalue weighted by Crippen LogP contribution is -2.08. The van der Waals surface area contributed by atoms with Gasteiger partial charge in [-0.1, -0.05) is 12.1 Å². The summed E-state index contributed by atoms with van der Waals surface area (Å²) in [6.07, 6.45) is -1.17. The summed E-state index contributed by atoms with van der Waals surface area (Å²) in [6, 6.07) is 9.03. The molecule has 112 valence electrons. The highest BCUT2D eigenvalue weighted by Gasteiger charge is 2.20. The second-order valence-electron chi connectivity index (χ2n) is 4.57. The molecule has 0 aliphatic carbocycles. The molecule has 0 bridgehead atoms. The van der Waals surface area contributed by atoms with E-state index < -0.39 is 17.7 Å². The molecule has 0 saturated heterocycles. The van der Waals surface area contributed by atoms with Crippen LogP contribution >= 0.6 is 0 Å². The summed E-state index contributed by atoms with van der Waals surface area (Å²) < 4.78 is 37.5. The smallest absolute Gasteiger partial charge is 0.135 e. The van der Waals surface area contributed by atoms with Gasteiger partial charge < -0.3 is 14.6 Å². The average Bonchev–Trinajstić information content (AvgIpc) is 2.47. The Labute approximate surface area is 121 Å². The standard InChI is InChI=1S/C16H16F2O3/c1-20-11-5-3-10(4-6-11)7-15(19)16-13(17)8-12(21-2)9-14(16)18/h3-6,8-9,15,19H,7H2,1-2H3. The zero-order valence-electron chi connectivity index (χ0n) is 11.8. The molecule has 0 saturated carbocycles. The van der Waals surface area contributed by atoms with Gasteiger partial charge in [-0.15, -0.1) is 0 Å². The van der Waals surface area contributed by atoms with Crippen LogP contribution in [0.5, 0.6) is 11.5 Å². The molecule has 21 heavy (non-hydrogen) atoms. The van der Waals surface area contributed by atoms with Gasteiger partial charge in [0.2, 0.25) is 0 Å². The van der Waals surface area contributed by atoms with Gasteiger partial charge in [-0.05, 0) is 17.7 Å². The van der Waals surface area contributed by atoms with Crippen molar-refractivity contribution < 1.29 is 23.4 Å². The predicted octanol–water partition coefficient (Wildman–Crippen LogP) is 3.26. The largest absolute Gasteiger partial charge is 0.497 e. The van der Waals surface area contributed by atoms with E-state index in [1.807, 2.05) is 0 Å². The average molecular weight is 294 g/mol. The minimum atomic E-state index is -1.27. The first kappa shape index (κ1) is 15.3.